The van der Waals surface area contributed by atoms with Crippen molar-refractivity contribution < 1.29 is 9.53 Å². The zero-order chi connectivity index (χ0) is 19.2. The van der Waals surface area contributed by atoms with Crippen molar-refractivity contribution in [1.82, 2.24) is 14.9 Å². The zero-order valence-electron chi connectivity index (χ0n) is 16.2. The number of rotatable bonds is 8. The molecule has 5 heteroatoms. The molecule has 1 aromatic heterocycles. The van der Waals surface area contributed by atoms with Gasteiger partial charge in [-0.05, 0) is 31.0 Å². The molecule has 0 radical (unpaired) electrons. The summed E-state index contributed by atoms with van der Waals surface area (Å²) >= 11 is 0. The van der Waals surface area contributed by atoms with E-state index >= 15 is 0 Å². The lowest BCUT2D eigenvalue weighted by Gasteiger charge is -2.16. The minimum absolute atomic E-state index is 0.000350. The molecule has 1 amide bonds. The van der Waals surface area contributed by atoms with Crippen LogP contribution in [0.1, 0.15) is 44.1 Å². The lowest BCUT2D eigenvalue weighted by Crippen LogP contribution is -2.30. The molecule has 5 nitrogen and oxygen atoms in total. The van der Waals surface area contributed by atoms with E-state index in [1.807, 2.05) is 55.5 Å². The van der Waals surface area contributed by atoms with Crippen LogP contribution in [-0.2, 0) is 17.8 Å². The number of carbonyl (C=O) groups excluding carboxylic acids is 1. The standard InChI is InChI=1S/C22H27N3O2/c1-4-5-13-25-20-15-18(27-3)11-12-19(20)24-22(25)16(2)23-21(26)14-17-9-7-6-8-10-17/h6-12,15-16H,4-5,13-14H2,1-3H3,(H,23,26). The number of nitrogens with one attached hydrogen (secondary N) is 1. The van der Waals surface area contributed by atoms with Crippen LogP contribution in [-0.4, -0.2) is 22.6 Å². The number of amides is 1. The van der Waals surface area contributed by atoms with Crippen LogP contribution < -0.4 is 10.1 Å². The summed E-state index contributed by atoms with van der Waals surface area (Å²) in [6.45, 7) is 5.03. The van der Waals surface area contributed by atoms with Crippen LogP contribution in [0.4, 0.5) is 0 Å². The van der Waals surface area contributed by atoms with E-state index in [9.17, 15) is 4.79 Å². The van der Waals surface area contributed by atoms with Crippen molar-refractivity contribution in [2.24, 2.45) is 0 Å². The van der Waals surface area contributed by atoms with Gasteiger partial charge in [-0.3, -0.25) is 4.79 Å². The largest absolute Gasteiger partial charge is 0.497 e. The highest BCUT2D eigenvalue weighted by Gasteiger charge is 2.19. The van der Waals surface area contributed by atoms with Gasteiger partial charge in [-0.2, -0.15) is 0 Å². The van der Waals surface area contributed by atoms with Crippen molar-refractivity contribution in [3.63, 3.8) is 0 Å². The summed E-state index contributed by atoms with van der Waals surface area (Å²) in [4.78, 5) is 17.3. The molecule has 0 saturated heterocycles. The molecule has 1 N–H and O–H groups in total. The Labute approximate surface area is 160 Å². The average Bonchev–Trinajstić information content (AvgIpc) is 3.04. The molecule has 1 unspecified atom stereocenters. The number of hydrogen-bond donors (Lipinski definition) is 1. The predicted molar refractivity (Wildman–Crippen MR) is 108 cm³/mol. The number of unbranched alkanes of at least 4 members (excludes halogenated alkanes) is 1. The first kappa shape index (κ1) is 19.0. The monoisotopic (exact) mass is 365 g/mol. The van der Waals surface area contributed by atoms with Gasteiger partial charge >= 0.3 is 0 Å². The molecule has 3 aromatic rings. The molecule has 1 heterocycles. The first-order valence-electron chi connectivity index (χ1n) is 9.49. The van der Waals surface area contributed by atoms with E-state index < -0.39 is 0 Å². The summed E-state index contributed by atoms with van der Waals surface area (Å²) < 4.78 is 7.57. The highest BCUT2D eigenvalue weighted by Crippen LogP contribution is 2.25. The number of fused-ring (bicyclic) bond motifs is 1. The number of imidazole rings is 1. The molecule has 0 aliphatic rings. The quantitative estimate of drug-likeness (QED) is 0.649. The Bertz CT molecular complexity index is 903. The maximum Gasteiger partial charge on any atom is 0.224 e. The van der Waals surface area contributed by atoms with Gasteiger partial charge in [0.05, 0.1) is 30.6 Å². The first-order valence-corrected chi connectivity index (χ1v) is 9.49. The highest BCUT2D eigenvalue weighted by atomic mass is 16.5. The number of benzene rings is 2. The molecule has 2 aromatic carbocycles. The van der Waals surface area contributed by atoms with Crippen LogP contribution in [0.2, 0.25) is 0 Å². The summed E-state index contributed by atoms with van der Waals surface area (Å²) in [5.41, 5.74) is 2.97. The van der Waals surface area contributed by atoms with E-state index in [4.69, 9.17) is 9.72 Å². The van der Waals surface area contributed by atoms with Gasteiger partial charge in [0.1, 0.15) is 11.6 Å². The number of aromatic nitrogens is 2. The van der Waals surface area contributed by atoms with Crippen molar-refractivity contribution >= 4 is 16.9 Å². The third-order valence-corrected chi connectivity index (χ3v) is 4.69. The first-order chi connectivity index (χ1) is 13.1. The van der Waals surface area contributed by atoms with Crippen LogP contribution in [0.15, 0.2) is 48.5 Å². The number of methoxy groups -OCH3 is 1. The Morgan fingerprint density at radius 1 is 1.22 bits per heavy atom. The lowest BCUT2D eigenvalue weighted by atomic mass is 10.1. The van der Waals surface area contributed by atoms with Gasteiger partial charge in [-0.15, -0.1) is 0 Å². The third-order valence-electron chi connectivity index (χ3n) is 4.69. The van der Waals surface area contributed by atoms with Crippen molar-refractivity contribution in [3.05, 3.63) is 59.9 Å². The van der Waals surface area contributed by atoms with E-state index in [0.717, 1.165) is 47.6 Å². The summed E-state index contributed by atoms with van der Waals surface area (Å²) in [5, 5.41) is 3.10. The zero-order valence-corrected chi connectivity index (χ0v) is 16.2. The number of nitrogens with zero attached hydrogens (tertiary/aromatic N) is 2. The Morgan fingerprint density at radius 2 is 2.00 bits per heavy atom. The van der Waals surface area contributed by atoms with E-state index in [-0.39, 0.29) is 11.9 Å². The summed E-state index contributed by atoms with van der Waals surface area (Å²) in [5.74, 6) is 1.70. The molecule has 0 bridgehead atoms. The Balaban J connectivity index is 1.84. The second kappa shape index (κ2) is 8.71. The van der Waals surface area contributed by atoms with Gasteiger partial charge in [-0.25, -0.2) is 4.98 Å². The van der Waals surface area contributed by atoms with E-state index in [1.165, 1.54) is 0 Å². The Morgan fingerprint density at radius 3 is 2.70 bits per heavy atom. The Hall–Kier alpha value is -2.82. The lowest BCUT2D eigenvalue weighted by molar-refractivity contribution is -0.121. The molecule has 0 saturated carbocycles. The van der Waals surface area contributed by atoms with Crippen molar-refractivity contribution in [2.45, 2.75) is 45.7 Å². The molecular formula is C22H27N3O2. The molecule has 3 rings (SSSR count). The van der Waals surface area contributed by atoms with Crippen molar-refractivity contribution in [2.75, 3.05) is 7.11 Å². The maximum absolute atomic E-state index is 12.5. The van der Waals surface area contributed by atoms with E-state index in [1.54, 1.807) is 7.11 Å². The maximum atomic E-state index is 12.5. The molecule has 1 atom stereocenters. The highest BCUT2D eigenvalue weighted by molar-refractivity contribution is 5.80. The number of carbonyl (C=O) groups is 1. The number of hydrogen-bond acceptors (Lipinski definition) is 3. The normalized spacial score (nSPS) is 12.1. The van der Waals surface area contributed by atoms with Crippen LogP contribution in [0, 0.1) is 0 Å². The van der Waals surface area contributed by atoms with Gasteiger partial charge in [0.25, 0.3) is 0 Å². The summed E-state index contributed by atoms with van der Waals surface area (Å²) in [6, 6.07) is 15.5. The van der Waals surface area contributed by atoms with Crippen LogP contribution in [0.25, 0.3) is 11.0 Å². The molecule has 0 spiro atoms. The van der Waals surface area contributed by atoms with Gasteiger partial charge < -0.3 is 14.6 Å². The van der Waals surface area contributed by atoms with Crippen LogP contribution in [0.3, 0.4) is 0 Å². The van der Waals surface area contributed by atoms with E-state index in [0.29, 0.717) is 6.42 Å². The van der Waals surface area contributed by atoms with Crippen molar-refractivity contribution in [1.29, 1.82) is 0 Å². The van der Waals surface area contributed by atoms with Gasteiger partial charge in [-0.1, -0.05) is 43.7 Å². The Kier molecular flexibility index (Phi) is 6.12. The molecular weight excluding hydrogens is 338 g/mol. The summed E-state index contributed by atoms with van der Waals surface area (Å²) in [7, 11) is 1.67. The molecule has 0 aliphatic carbocycles. The van der Waals surface area contributed by atoms with E-state index in [2.05, 4.69) is 16.8 Å². The molecule has 142 valence electrons. The number of aryl methyl sites for hydroxylation is 1. The molecule has 27 heavy (non-hydrogen) atoms. The topological polar surface area (TPSA) is 56.2 Å². The minimum atomic E-state index is -0.170. The second-order valence-corrected chi connectivity index (χ2v) is 6.78. The van der Waals surface area contributed by atoms with Crippen LogP contribution >= 0.6 is 0 Å². The summed E-state index contributed by atoms with van der Waals surface area (Å²) in [6.07, 6.45) is 2.52. The fourth-order valence-electron chi connectivity index (χ4n) is 3.27. The fourth-order valence-corrected chi connectivity index (χ4v) is 3.27. The fraction of sp³-hybridized carbons (Fsp3) is 0.364. The smallest absolute Gasteiger partial charge is 0.224 e. The third kappa shape index (κ3) is 4.48. The average molecular weight is 365 g/mol. The van der Waals surface area contributed by atoms with Crippen molar-refractivity contribution in [3.8, 4) is 5.75 Å². The minimum Gasteiger partial charge on any atom is -0.497 e. The molecule has 0 aliphatic heterocycles. The van der Waals surface area contributed by atoms with Gasteiger partial charge in [0.15, 0.2) is 0 Å². The SMILES string of the molecule is CCCCn1c(C(C)NC(=O)Cc2ccccc2)nc2ccc(OC)cc21. The predicted octanol–water partition coefficient (Wildman–Crippen LogP) is 4.26. The second-order valence-electron chi connectivity index (χ2n) is 6.78. The van der Waals surface area contributed by atoms with Gasteiger partial charge in [0, 0.05) is 12.6 Å². The van der Waals surface area contributed by atoms with Gasteiger partial charge in [0.2, 0.25) is 5.91 Å². The number of ether oxygens (including phenoxy) is 1. The van der Waals surface area contributed by atoms with Crippen LogP contribution in [0.5, 0.6) is 5.75 Å². The molecule has 0 fully saturated rings.